The highest BCUT2D eigenvalue weighted by molar-refractivity contribution is 7.89. The number of nitrogens with one attached hydrogen (secondary N) is 1. The standard InChI is InChI=1S/C18H19N5O2S/c1-22-10-7-15-4-5-16(11-17(15)22)26(24,25)21-13-14-3-6-18(19-12-14)23-9-2-8-20-23/h2-6,8-9,11-12,21H,7,10,13H2,1H3. The number of hydrogen-bond donors (Lipinski definition) is 1. The fourth-order valence-corrected chi connectivity index (χ4v) is 4.05. The number of sulfonamides is 1. The molecule has 3 heterocycles. The van der Waals surface area contributed by atoms with Crippen LogP contribution >= 0.6 is 0 Å². The van der Waals surface area contributed by atoms with Crippen molar-refractivity contribution in [1.82, 2.24) is 19.5 Å². The zero-order valence-electron chi connectivity index (χ0n) is 14.3. The summed E-state index contributed by atoms with van der Waals surface area (Å²) in [5, 5.41) is 4.11. The first-order chi connectivity index (χ1) is 12.5. The van der Waals surface area contributed by atoms with Crippen LogP contribution in [0.5, 0.6) is 0 Å². The van der Waals surface area contributed by atoms with Crippen LogP contribution in [-0.2, 0) is 23.0 Å². The third kappa shape index (κ3) is 3.21. The normalized spacial score (nSPS) is 13.8. The Morgan fingerprint density at radius 1 is 1.23 bits per heavy atom. The van der Waals surface area contributed by atoms with E-state index in [1.54, 1.807) is 41.5 Å². The van der Waals surface area contributed by atoms with Gasteiger partial charge in [-0.1, -0.05) is 12.1 Å². The Morgan fingerprint density at radius 3 is 2.85 bits per heavy atom. The summed E-state index contributed by atoms with van der Waals surface area (Å²) < 4.78 is 29.5. The number of anilines is 1. The first kappa shape index (κ1) is 16.7. The van der Waals surface area contributed by atoms with Gasteiger partial charge in [0.15, 0.2) is 5.82 Å². The molecule has 0 spiro atoms. The third-order valence-electron chi connectivity index (χ3n) is 4.51. The molecule has 1 N–H and O–H groups in total. The van der Waals surface area contributed by atoms with Crippen molar-refractivity contribution >= 4 is 15.7 Å². The lowest BCUT2D eigenvalue weighted by molar-refractivity contribution is 0.581. The molecular weight excluding hydrogens is 350 g/mol. The van der Waals surface area contributed by atoms with E-state index in [4.69, 9.17) is 0 Å². The minimum Gasteiger partial charge on any atom is -0.374 e. The molecule has 1 aromatic carbocycles. The Bertz CT molecular complexity index is 1010. The van der Waals surface area contributed by atoms with Gasteiger partial charge in [0.1, 0.15) is 0 Å². The monoisotopic (exact) mass is 369 g/mol. The van der Waals surface area contributed by atoms with Crippen LogP contribution in [0.3, 0.4) is 0 Å². The van der Waals surface area contributed by atoms with Gasteiger partial charge in [0.05, 0.1) is 4.90 Å². The minimum atomic E-state index is -3.58. The number of aromatic nitrogens is 3. The van der Waals surface area contributed by atoms with Gasteiger partial charge in [0.2, 0.25) is 10.0 Å². The highest BCUT2D eigenvalue weighted by atomic mass is 32.2. The van der Waals surface area contributed by atoms with Gasteiger partial charge in [-0.2, -0.15) is 5.10 Å². The Kier molecular flexibility index (Phi) is 4.21. The second kappa shape index (κ2) is 6.54. The molecular formula is C18H19N5O2S. The summed E-state index contributed by atoms with van der Waals surface area (Å²) in [5.41, 5.74) is 2.95. The van der Waals surface area contributed by atoms with Crippen molar-refractivity contribution in [3.63, 3.8) is 0 Å². The van der Waals surface area contributed by atoms with Crippen LogP contribution < -0.4 is 9.62 Å². The number of hydrogen-bond acceptors (Lipinski definition) is 5. The van der Waals surface area contributed by atoms with E-state index in [-0.39, 0.29) is 11.4 Å². The summed E-state index contributed by atoms with van der Waals surface area (Å²) in [6.07, 6.45) is 6.08. The van der Waals surface area contributed by atoms with E-state index in [1.807, 2.05) is 25.2 Å². The zero-order chi connectivity index (χ0) is 18.1. The summed E-state index contributed by atoms with van der Waals surface area (Å²) in [6, 6.07) is 10.8. The molecule has 0 saturated heterocycles. The van der Waals surface area contributed by atoms with Crippen molar-refractivity contribution in [2.75, 3.05) is 18.5 Å². The number of pyridine rings is 1. The molecule has 0 aliphatic carbocycles. The van der Waals surface area contributed by atoms with Gasteiger partial charge in [0.25, 0.3) is 0 Å². The Balaban J connectivity index is 1.48. The van der Waals surface area contributed by atoms with Gasteiger partial charge in [0, 0.05) is 44.4 Å². The average Bonchev–Trinajstić information content (AvgIpc) is 3.31. The lowest BCUT2D eigenvalue weighted by atomic mass is 10.2. The quantitative estimate of drug-likeness (QED) is 0.741. The highest BCUT2D eigenvalue weighted by Crippen LogP contribution is 2.29. The minimum absolute atomic E-state index is 0.182. The molecule has 0 fully saturated rings. The largest absolute Gasteiger partial charge is 0.374 e. The van der Waals surface area contributed by atoms with E-state index in [0.717, 1.165) is 24.2 Å². The molecule has 0 unspecified atom stereocenters. The predicted molar refractivity (Wildman–Crippen MR) is 98.8 cm³/mol. The maximum atomic E-state index is 12.6. The lowest BCUT2D eigenvalue weighted by Crippen LogP contribution is -2.23. The molecule has 2 aromatic heterocycles. The van der Waals surface area contributed by atoms with E-state index < -0.39 is 10.0 Å². The summed E-state index contributed by atoms with van der Waals surface area (Å²) in [7, 11) is -1.60. The van der Waals surface area contributed by atoms with Crippen LogP contribution in [-0.4, -0.2) is 36.8 Å². The number of fused-ring (bicyclic) bond motifs is 1. The maximum Gasteiger partial charge on any atom is 0.240 e. The Labute approximate surface area is 152 Å². The van der Waals surface area contributed by atoms with E-state index in [2.05, 4.69) is 19.7 Å². The molecule has 0 radical (unpaired) electrons. The summed E-state index contributed by atoms with van der Waals surface area (Å²) in [6.45, 7) is 1.10. The molecule has 0 atom stereocenters. The van der Waals surface area contributed by atoms with E-state index in [1.165, 1.54) is 5.56 Å². The molecule has 134 valence electrons. The fourth-order valence-electron chi connectivity index (χ4n) is 3.01. The highest BCUT2D eigenvalue weighted by Gasteiger charge is 2.20. The third-order valence-corrected chi connectivity index (χ3v) is 5.91. The molecule has 3 aromatic rings. The predicted octanol–water partition coefficient (Wildman–Crippen LogP) is 1.74. The van der Waals surface area contributed by atoms with Crippen LogP contribution in [0, 0.1) is 0 Å². The van der Waals surface area contributed by atoms with Crippen molar-refractivity contribution in [3.05, 3.63) is 66.1 Å². The molecule has 1 aliphatic rings. The van der Waals surface area contributed by atoms with Crippen LogP contribution in [0.2, 0.25) is 0 Å². The Morgan fingerprint density at radius 2 is 2.12 bits per heavy atom. The number of nitrogens with zero attached hydrogens (tertiary/aromatic N) is 4. The molecule has 7 nitrogen and oxygen atoms in total. The topological polar surface area (TPSA) is 80.1 Å². The first-order valence-corrected chi connectivity index (χ1v) is 9.80. The van der Waals surface area contributed by atoms with E-state index >= 15 is 0 Å². The maximum absolute atomic E-state index is 12.6. The van der Waals surface area contributed by atoms with Crippen molar-refractivity contribution in [2.24, 2.45) is 0 Å². The van der Waals surface area contributed by atoms with Gasteiger partial charge < -0.3 is 4.90 Å². The first-order valence-electron chi connectivity index (χ1n) is 8.32. The molecule has 0 bridgehead atoms. The molecule has 26 heavy (non-hydrogen) atoms. The van der Waals surface area contributed by atoms with Crippen LogP contribution in [0.4, 0.5) is 5.69 Å². The number of likely N-dealkylation sites (N-methyl/N-ethyl adjacent to an activating group) is 1. The van der Waals surface area contributed by atoms with Crippen molar-refractivity contribution in [3.8, 4) is 5.82 Å². The second-order valence-corrected chi connectivity index (χ2v) is 8.03. The molecule has 4 rings (SSSR count). The lowest BCUT2D eigenvalue weighted by Gasteiger charge is -2.13. The van der Waals surface area contributed by atoms with Crippen LogP contribution in [0.1, 0.15) is 11.1 Å². The van der Waals surface area contributed by atoms with Crippen molar-refractivity contribution in [1.29, 1.82) is 0 Å². The van der Waals surface area contributed by atoms with Gasteiger partial charge in [-0.3, -0.25) is 0 Å². The Hall–Kier alpha value is -2.71. The average molecular weight is 369 g/mol. The molecule has 8 heteroatoms. The zero-order valence-corrected chi connectivity index (χ0v) is 15.1. The molecule has 0 amide bonds. The number of rotatable bonds is 5. The smallest absolute Gasteiger partial charge is 0.240 e. The number of benzene rings is 1. The molecule has 1 aliphatic heterocycles. The second-order valence-electron chi connectivity index (χ2n) is 6.26. The van der Waals surface area contributed by atoms with E-state index in [0.29, 0.717) is 5.82 Å². The summed E-state index contributed by atoms with van der Waals surface area (Å²) in [4.78, 5) is 6.67. The van der Waals surface area contributed by atoms with E-state index in [9.17, 15) is 8.42 Å². The van der Waals surface area contributed by atoms with Gasteiger partial charge in [-0.15, -0.1) is 0 Å². The fraction of sp³-hybridized carbons (Fsp3) is 0.222. The van der Waals surface area contributed by atoms with Gasteiger partial charge in [-0.25, -0.2) is 22.8 Å². The summed E-state index contributed by atoms with van der Waals surface area (Å²) in [5.74, 6) is 0.684. The molecule has 0 saturated carbocycles. The van der Waals surface area contributed by atoms with Crippen molar-refractivity contribution in [2.45, 2.75) is 17.9 Å². The summed E-state index contributed by atoms with van der Waals surface area (Å²) >= 11 is 0. The van der Waals surface area contributed by atoms with Crippen LogP contribution in [0.15, 0.2) is 59.9 Å². The van der Waals surface area contributed by atoms with Gasteiger partial charge in [-0.05, 0) is 41.8 Å². The van der Waals surface area contributed by atoms with Crippen molar-refractivity contribution < 1.29 is 8.42 Å². The van der Waals surface area contributed by atoms with Gasteiger partial charge >= 0.3 is 0 Å². The van der Waals surface area contributed by atoms with Crippen LogP contribution in [0.25, 0.3) is 5.82 Å². The SMILES string of the molecule is CN1CCc2ccc(S(=O)(=O)NCc3ccc(-n4cccn4)nc3)cc21.